The zero-order valence-corrected chi connectivity index (χ0v) is 9.65. The maximum absolute atomic E-state index is 4.54. The van der Waals surface area contributed by atoms with Crippen molar-refractivity contribution in [3.63, 3.8) is 0 Å². The number of nitrogens with one attached hydrogen (secondary N) is 1. The molecule has 2 aliphatic rings. The third-order valence-electron chi connectivity index (χ3n) is 3.41. The molecular formula is C13H19N3. The second-order valence-corrected chi connectivity index (χ2v) is 4.87. The number of hydrogen-bond donors (Lipinski definition) is 1. The van der Waals surface area contributed by atoms with Crippen molar-refractivity contribution >= 4 is 5.82 Å². The van der Waals surface area contributed by atoms with E-state index in [1.807, 2.05) is 6.20 Å². The monoisotopic (exact) mass is 217 g/mol. The summed E-state index contributed by atoms with van der Waals surface area (Å²) in [6.07, 6.45) is 7.33. The van der Waals surface area contributed by atoms with E-state index in [9.17, 15) is 0 Å². The van der Waals surface area contributed by atoms with Crippen molar-refractivity contribution in [3.05, 3.63) is 23.9 Å². The molecule has 0 amide bonds. The quantitative estimate of drug-likeness (QED) is 0.835. The Morgan fingerprint density at radius 2 is 2.06 bits per heavy atom. The molecule has 0 spiro atoms. The van der Waals surface area contributed by atoms with Gasteiger partial charge in [0.25, 0.3) is 0 Å². The lowest BCUT2D eigenvalue weighted by Gasteiger charge is -2.16. The minimum atomic E-state index is 0.776. The molecule has 2 fully saturated rings. The number of rotatable bonds is 4. The lowest BCUT2D eigenvalue weighted by atomic mass is 10.2. The van der Waals surface area contributed by atoms with Crippen LogP contribution in [0, 0.1) is 0 Å². The first-order valence-corrected chi connectivity index (χ1v) is 6.35. The molecule has 1 aliphatic carbocycles. The second kappa shape index (κ2) is 4.42. The molecule has 16 heavy (non-hydrogen) atoms. The summed E-state index contributed by atoms with van der Waals surface area (Å²) in [7, 11) is 0. The average Bonchev–Trinajstić information content (AvgIpc) is 3.00. The van der Waals surface area contributed by atoms with E-state index in [2.05, 4.69) is 27.3 Å². The first kappa shape index (κ1) is 10.1. The lowest BCUT2D eigenvalue weighted by molar-refractivity contribution is 0.685. The first-order valence-electron chi connectivity index (χ1n) is 6.35. The third-order valence-corrected chi connectivity index (χ3v) is 3.41. The molecule has 3 rings (SSSR count). The highest BCUT2D eigenvalue weighted by molar-refractivity contribution is 5.40. The predicted molar refractivity (Wildman–Crippen MR) is 65.5 cm³/mol. The Balaban J connectivity index is 1.59. The summed E-state index contributed by atoms with van der Waals surface area (Å²) in [6.45, 7) is 3.32. The maximum atomic E-state index is 4.54. The Labute approximate surface area is 96.9 Å². The highest BCUT2D eigenvalue weighted by atomic mass is 15.2. The fourth-order valence-electron chi connectivity index (χ4n) is 2.20. The van der Waals surface area contributed by atoms with E-state index in [4.69, 9.17) is 0 Å². The molecule has 2 heterocycles. The summed E-state index contributed by atoms with van der Waals surface area (Å²) in [4.78, 5) is 6.92. The van der Waals surface area contributed by atoms with Crippen LogP contribution in [0.25, 0.3) is 0 Å². The lowest BCUT2D eigenvalue weighted by Crippen LogP contribution is -2.19. The van der Waals surface area contributed by atoms with Gasteiger partial charge < -0.3 is 10.2 Å². The van der Waals surface area contributed by atoms with Crippen molar-refractivity contribution in [2.45, 2.75) is 38.3 Å². The molecule has 3 nitrogen and oxygen atoms in total. The second-order valence-electron chi connectivity index (χ2n) is 4.87. The van der Waals surface area contributed by atoms with Gasteiger partial charge >= 0.3 is 0 Å². The van der Waals surface area contributed by atoms with Crippen molar-refractivity contribution in [2.75, 3.05) is 18.0 Å². The van der Waals surface area contributed by atoms with Crippen LogP contribution in [0.3, 0.4) is 0 Å². The summed E-state index contributed by atoms with van der Waals surface area (Å²) in [5.41, 5.74) is 1.30. The summed E-state index contributed by atoms with van der Waals surface area (Å²) < 4.78 is 0. The van der Waals surface area contributed by atoms with Gasteiger partial charge in [0.05, 0.1) is 0 Å². The van der Waals surface area contributed by atoms with Gasteiger partial charge in [0.15, 0.2) is 0 Å². The Kier molecular flexibility index (Phi) is 2.79. The minimum Gasteiger partial charge on any atom is -0.357 e. The molecule has 1 saturated heterocycles. The zero-order chi connectivity index (χ0) is 10.8. The number of hydrogen-bond acceptors (Lipinski definition) is 3. The van der Waals surface area contributed by atoms with E-state index in [1.165, 1.54) is 44.3 Å². The van der Waals surface area contributed by atoms with E-state index >= 15 is 0 Å². The van der Waals surface area contributed by atoms with Crippen molar-refractivity contribution < 1.29 is 0 Å². The van der Waals surface area contributed by atoms with Gasteiger partial charge in [0.2, 0.25) is 0 Å². The topological polar surface area (TPSA) is 28.2 Å². The highest BCUT2D eigenvalue weighted by Gasteiger charge is 2.20. The smallest absolute Gasteiger partial charge is 0.128 e. The summed E-state index contributed by atoms with van der Waals surface area (Å²) in [5, 5.41) is 3.51. The van der Waals surface area contributed by atoms with Crippen LogP contribution in [0.2, 0.25) is 0 Å². The zero-order valence-electron chi connectivity index (χ0n) is 9.65. The van der Waals surface area contributed by atoms with Crippen LogP contribution in [0.15, 0.2) is 18.3 Å². The molecule has 1 N–H and O–H groups in total. The van der Waals surface area contributed by atoms with E-state index in [-0.39, 0.29) is 0 Å². The molecule has 1 aromatic rings. The fraction of sp³-hybridized carbons (Fsp3) is 0.615. The van der Waals surface area contributed by atoms with Crippen LogP contribution < -0.4 is 10.2 Å². The minimum absolute atomic E-state index is 0.776. The molecule has 1 aliphatic heterocycles. The van der Waals surface area contributed by atoms with Crippen LogP contribution in [0.4, 0.5) is 5.82 Å². The third kappa shape index (κ3) is 2.35. The maximum Gasteiger partial charge on any atom is 0.128 e. The van der Waals surface area contributed by atoms with E-state index < -0.39 is 0 Å². The highest BCUT2D eigenvalue weighted by Crippen LogP contribution is 2.20. The van der Waals surface area contributed by atoms with Crippen LogP contribution in [-0.2, 0) is 6.54 Å². The van der Waals surface area contributed by atoms with Gasteiger partial charge in [-0.05, 0) is 37.3 Å². The Bertz CT molecular complexity index is 337. The first-order chi connectivity index (χ1) is 7.92. The number of nitrogens with zero attached hydrogens (tertiary/aromatic N) is 2. The van der Waals surface area contributed by atoms with Gasteiger partial charge in [0.1, 0.15) is 5.82 Å². The molecule has 0 unspecified atom stereocenters. The molecule has 86 valence electrons. The van der Waals surface area contributed by atoms with Crippen molar-refractivity contribution in [1.29, 1.82) is 0 Å². The van der Waals surface area contributed by atoms with Crippen LogP contribution in [0.1, 0.15) is 31.2 Å². The summed E-state index contributed by atoms with van der Waals surface area (Å²) in [6, 6.07) is 5.14. The van der Waals surface area contributed by atoms with Gasteiger partial charge in [-0.2, -0.15) is 0 Å². The van der Waals surface area contributed by atoms with E-state index in [1.54, 1.807) is 0 Å². The molecule has 1 saturated carbocycles. The average molecular weight is 217 g/mol. The number of pyridine rings is 1. The molecule has 0 bridgehead atoms. The Morgan fingerprint density at radius 3 is 2.69 bits per heavy atom. The van der Waals surface area contributed by atoms with Gasteiger partial charge in [-0.3, -0.25) is 0 Å². The largest absolute Gasteiger partial charge is 0.357 e. The number of anilines is 1. The van der Waals surface area contributed by atoms with Crippen LogP contribution >= 0.6 is 0 Å². The Hall–Kier alpha value is -1.09. The molecule has 3 heteroatoms. The molecule has 0 radical (unpaired) electrons. The summed E-state index contributed by atoms with van der Waals surface area (Å²) in [5.74, 6) is 1.15. The number of aromatic nitrogens is 1. The van der Waals surface area contributed by atoms with Crippen molar-refractivity contribution in [1.82, 2.24) is 10.3 Å². The van der Waals surface area contributed by atoms with Crippen molar-refractivity contribution in [3.8, 4) is 0 Å². The molecule has 0 aromatic carbocycles. The van der Waals surface area contributed by atoms with Gasteiger partial charge in [-0.25, -0.2) is 4.98 Å². The van der Waals surface area contributed by atoms with Crippen LogP contribution in [0.5, 0.6) is 0 Å². The fourth-order valence-corrected chi connectivity index (χ4v) is 2.20. The molecule has 0 atom stereocenters. The van der Waals surface area contributed by atoms with Crippen molar-refractivity contribution in [2.24, 2.45) is 0 Å². The van der Waals surface area contributed by atoms with Crippen LogP contribution in [-0.4, -0.2) is 24.1 Å². The Morgan fingerprint density at radius 1 is 1.25 bits per heavy atom. The molecule has 1 aromatic heterocycles. The van der Waals surface area contributed by atoms with Gasteiger partial charge in [-0.15, -0.1) is 0 Å². The predicted octanol–water partition coefficient (Wildman–Crippen LogP) is 1.93. The van der Waals surface area contributed by atoms with E-state index in [0.717, 1.165) is 18.4 Å². The van der Waals surface area contributed by atoms with Gasteiger partial charge in [0, 0.05) is 31.9 Å². The standard InChI is InChI=1S/C13H19N3/c1-2-8-16(7-1)13-6-3-11(10-15-13)9-14-12-4-5-12/h3,6,10,12,14H,1-2,4-5,7-9H2. The SMILES string of the molecule is c1cc(N2CCCC2)ncc1CNC1CC1. The normalized spacial score (nSPS) is 20.4. The van der Waals surface area contributed by atoms with E-state index in [0.29, 0.717) is 0 Å². The summed E-state index contributed by atoms with van der Waals surface area (Å²) >= 11 is 0. The van der Waals surface area contributed by atoms with Gasteiger partial charge in [-0.1, -0.05) is 6.07 Å². The molecular weight excluding hydrogens is 198 g/mol.